The number of carbonyl (C=O) groups is 2. The van der Waals surface area contributed by atoms with Crippen LogP contribution in [0.1, 0.15) is 195 Å². The molecule has 0 heterocycles. The second-order valence-electron chi connectivity index (χ2n) is 12.8. The fourth-order valence-electron chi connectivity index (χ4n) is 4.52. The zero-order chi connectivity index (χ0) is 30.9. The molecule has 0 unspecified atom stereocenters. The van der Waals surface area contributed by atoms with E-state index in [9.17, 15) is 9.59 Å². The Labute approximate surface area is 256 Å². The quantitative estimate of drug-likeness (QED) is 0.0699. The highest BCUT2D eigenvalue weighted by Crippen LogP contribution is 2.15. The monoisotopic (exact) mass is 585 g/mol. The SMILES string of the molecule is CCCCCCC(=O)OCC(C)(C)CO.CCCCCCCCCCCCCCCC(=O)OCCCCCCCC. The van der Waals surface area contributed by atoms with Crippen molar-refractivity contribution in [3.05, 3.63) is 0 Å². The molecular formula is C36H72O5. The van der Waals surface area contributed by atoms with Gasteiger partial charge in [0, 0.05) is 18.3 Å². The van der Waals surface area contributed by atoms with Gasteiger partial charge < -0.3 is 14.6 Å². The minimum absolute atomic E-state index is 0.0154. The van der Waals surface area contributed by atoms with Crippen LogP contribution in [0.25, 0.3) is 0 Å². The number of hydrogen-bond donors (Lipinski definition) is 1. The summed E-state index contributed by atoms with van der Waals surface area (Å²) in [4.78, 5) is 22.9. The Kier molecular flexibility index (Phi) is 34.2. The van der Waals surface area contributed by atoms with Crippen LogP contribution in [0.2, 0.25) is 0 Å². The largest absolute Gasteiger partial charge is 0.466 e. The molecule has 0 bridgehead atoms. The predicted octanol–water partition coefficient (Wildman–Crippen LogP) is 10.9. The molecule has 0 aromatic carbocycles. The molecule has 0 fully saturated rings. The summed E-state index contributed by atoms with van der Waals surface area (Å²) in [5, 5.41) is 8.96. The molecule has 0 aliphatic carbocycles. The van der Waals surface area contributed by atoms with E-state index in [0.29, 0.717) is 26.1 Å². The first-order valence-electron chi connectivity index (χ1n) is 17.7. The molecule has 0 spiro atoms. The number of hydrogen-bond acceptors (Lipinski definition) is 5. The molecule has 246 valence electrons. The molecule has 5 heteroatoms. The van der Waals surface area contributed by atoms with Gasteiger partial charge in [0.05, 0.1) is 19.8 Å². The number of esters is 2. The summed E-state index contributed by atoms with van der Waals surface area (Å²) in [7, 11) is 0. The third kappa shape index (κ3) is 36.9. The van der Waals surface area contributed by atoms with Crippen LogP contribution in [0, 0.1) is 5.41 Å². The van der Waals surface area contributed by atoms with Crippen molar-refractivity contribution in [1.82, 2.24) is 0 Å². The molecule has 0 rings (SSSR count). The van der Waals surface area contributed by atoms with Crippen LogP contribution in [0.4, 0.5) is 0 Å². The van der Waals surface area contributed by atoms with Gasteiger partial charge in [-0.15, -0.1) is 0 Å². The number of rotatable bonds is 29. The number of aliphatic hydroxyl groups excluding tert-OH is 1. The van der Waals surface area contributed by atoms with Crippen molar-refractivity contribution >= 4 is 11.9 Å². The first-order valence-corrected chi connectivity index (χ1v) is 17.7. The van der Waals surface area contributed by atoms with E-state index in [0.717, 1.165) is 25.7 Å². The van der Waals surface area contributed by atoms with Crippen LogP contribution in [0.15, 0.2) is 0 Å². The molecule has 0 atom stereocenters. The summed E-state index contributed by atoms with van der Waals surface area (Å²) >= 11 is 0. The van der Waals surface area contributed by atoms with Gasteiger partial charge in [0.1, 0.15) is 0 Å². The number of unbranched alkanes of at least 4 members (excludes halogenated alkanes) is 20. The highest BCUT2D eigenvalue weighted by Gasteiger charge is 2.18. The van der Waals surface area contributed by atoms with Gasteiger partial charge in [-0.3, -0.25) is 9.59 Å². The van der Waals surface area contributed by atoms with E-state index in [4.69, 9.17) is 14.6 Å². The van der Waals surface area contributed by atoms with Gasteiger partial charge in [0.2, 0.25) is 0 Å². The molecule has 0 saturated carbocycles. The molecule has 0 aliphatic heterocycles. The van der Waals surface area contributed by atoms with E-state index in [-0.39, 0.29) is 24.0 Å². The maximum absolute atomic E-state index is 11.7. The van der Waals surface area contributed by atoms with Gasteiger partial charge in [0.25, 0.3) is 0 Å². The fraction of sp³-hybridized carbons (Fsp3) is 0.944. The smallest absolute Gasteiger partial charge is 0.305 e. The molecule has 0 radical (unpaired) electrons. The maximum Gasteiger partial charge on any atom is 0.305 e. The van der Waals surface area contributed by atoms with Crippen molar-refractivity contribution in [3.8, 4) is 0 Å². The minimum atomic E-state index is -0.320. The Hall–Kier alpha value is -1.10. The van der Waals surface area contributed by atoms with E-state index in [1.807, 2.05) is 13.8 Å². The van der Waals surface area contributed by atoms with E-state index in [2.05, 4.69) is 20.8 Å². The Bertz CT molecular complexity index is 546. The Balaban J connectivity index is 0. The van der Waals surface area contributed by atoms with Crippen LogP contribution in [0.5, 0.6) is 0 Å². The normalized spacial score (nSPS) is 11.2. The van der Waals surface area contributed by atoms with Crippen LogP contribution in [-0.4, -0.2) is 36.9 Å². The second-order valence-corrected chi connectivity index (χ2v) is 12.8. The zero-order valence-corrected chi connectivity index (χ0v) is 28.4. The maximum atomic E-state index is 11.7. The highest BCUT2D eigenvalue weighted by molar-refractivity contribution is 5.69. The summed E-state index contributed by atoms with van der Waals surface area (Å²) in [5.74, 6) is -0.130. The predicted molar refractivity (Wildman–Crippen MR) is 175 cm³/mol. The van der Waals surface area contributed by atoms with E-state index in [1.54, 1.807) is 0 Å². The first kappa shape index (κ1) is 42.0. The zero-order valence-electron chi connectivity index (χ0n) is 28.4. The molecule has 41 heavy (non-hydrogen) atoms. The molecule has 0 aromatic heterocycles. The van der Waals surface area contributed by atoms with Gasteiger partial charge >= 0.3 is 11.9 Å². The van der Waals surface area contributed by atoms with Crippen molar-refractivity contribution in [3.63, 3.8) is 0 Å². The summed E-state index contributed by atoms with van der Waals surface area (Å²) in [6.07, 6.45) is 30.4. The van der Waals surface area contributed by atoms with Crippen LogP contribution in [0.3, 0.4) is 0 Å². The Morgan fingerprint density at radius 2 is 0.805 bits per heavy atom. The minimum Gasteiger partial charge on any atom is -0.466 e. The summed E-state index contributed by atoms with van der Waals surface area (Å²) < 4.78 is 10.4. The molecule has 0 saturated heterocycles. The molecule has 0 aromatic rings. The number of carbonyl (C=O) groups excluding carboxylic acids is 2. The lowest BCUT2D eigenvalue weighted by Crippen LogP contribution is -2.25. The van der Waals surface area contributed by atoms with Crippen molar-refractivity contribution in [1.29, 1.82) is 0 Å². The average molecular weight is 585 g/mol. The molecule has 0 aliphatic rings. The third-order valence-electron chi connectivity index (χ3n) is 7.53. The van der Waals surface area contributed by atoms with Crippen LogP contribution < -0.4 is 0 Å². The van der Waals surface area contributed by atoms with E-state index in [1.165, 1.54) is 122 Å². The van der Waals surface area contributed by atoms with Crippen molar-refractivity contribution in [2.24, 2.45) is 5.41 Å². The average Bonchev–Trinajstić information content (AvgIpc) is 2.96. The van der Waals surface area contributed by atoms with Crippen molar-refractivity contribution < 1.29 is 24.2 Å². The number of ether oxygens (including phenoxy) is 2. The third-order valence-corrected chi connectivity index (χ3v) is 7.53. The molecular weight excluding hydrogens is 512 g/mol. The Morgan fingerprint density at radius 1 is 0.488 bits per heavy atom. The van der Waals surface area contributed by atoms with Crippen LogP contribution in [-0.2, 0) is 19.1 Å². The van der Waals surface area contributed by atoms with Crippen molar-refractivity contribution in [2.45, 2.75) is 195 Å². The number of aliphatic hydroxyl groups is 1. The topological polar surface area (TPSA) is 72.8 Å². The lowest BCUT2D eigenvalue weighted by atomic mass is 9.97. The Morgan fingerprint density at radius 3 is 1.20 bits per heavy atom. The van der Waals surface area contributed by atoms with Gasteiger partial charge in [-0.2, -0.15) is 0 Å². The summed E-state index contributed by atoms with van der Waals surface area (Å²) in [6, 6.07) is 0. The van der Waals surface area contributed by atoms with E-state index >= 15 is 0 Å². The molecule has 0 amide bonds. The van der Waals surface area contributed by atoms with Crippen LogP contribution >= 0.6 is 0 Å². The fourth-order valence-corrected chi connectivity index (χ4v) is 4.52. The van der Waals surface area contributed by atoms with E-state index < -0.39 is 0 Å². The summed E-state index contributed by atoms with van der Waals surface area (Å²) in [5.41, 5.74) is -0.320. The molecule has 5 nitrogen and oxygen atoms in total. The lowest BCUT2D eigenvalue weighted by molar-refractivity contribution is -0.147. The lowest BCUT2D eigenvalue weighted by Gasteiger charge is -2.20. The standard InChI is InChI=1S/C24H48O2.C12H24O3/c1-3-5-7-9-11-12-13-14-15-16-17-18-20-22-24(25)26-23-21-19-10-8-6-4-2;1-4-5-6-7-8-11(14)15-10-12(2,3)9-13/h3-23H2,1-2H3;13H,4-10H2,1-3H3. The first-order chi connectivity index (χ1) is 19.8. The van der Waals surface area contributed by atoms with Crippen molar-refractivity contribution in [2.75, 3.05) is 19.8 Å². The second kappa shape index (κ2) is 33.4. The van der Waals surface area contributed by atoms with Gasteiger partial charge in [0.15, 0.2) is 0 Å². The van der Waals surface area contributed by atoms with Gasteiger partial charge in [-0.25, -0.2) is 0 Å². The van der Waals surface area contributed by atoms with Gasteiger partial charge in [-0.1, -0.05) is 163 Å². The van der Waals surface area contributed by atoms with Gasteiger partial charge in [-0.05, 0) is 19.3 Å². The molecule has 1 N–H and O–H groups in total. The highest BCUT2D eigenvalue weighted by atomic mass is 16.5. The summed E-state index contributed by atoms with van der Waals surface area (Å²) in [6.45, 7) is 11.4.